The number of benzene rings is 2. The molecule has 1 aliphatic rings. The van der Waals surface area contributed by atoms with Gasteiger partial charge in [-0.2, -0.15) is 0 Å². The zero-order valence-corrected chi connectivity index (χ0v) is 12.6. The standard InChI is InChI=1S/C15H15Cl2N3/c1-19-6-7-20(14-5-3-2-4-13(14)19)15-9-11(17)10(16)8-12(15)18/h2-5,8-9H,6-7,18H2,1H3. The van der Waals surface area contributed by atoms with E-state index in [1.54, 1.807) is 6.07 Å². The zero-order valence-electron chi connectivity index (χ0n) is 11.1. The van der Waals surface area contributed by atoms with Crippen LogP contribution in [0.1, 0.15) is 0 Å². The van der Waals surface area contributed by atoms with Crippen LogP contribution < -0.4 is 15.5 Å². The Morgan fingerprint density at radius 2 is 1.60 bits per heavy atom. The first-order valence-corrected chi connectivity index (χ1v) is 7.16. The van der Waals surface area contributed by atoms with Gasteiger partial charge in [-0.05, 0) is 24.3 Å². The first kappa shape index (κ1) is 13.4. The van der Waals surface area contributed by atoms with Crippen molar-refractivity contribution in [2.24, 2.45) is 0 Å². The maximum atomic E-state index is 6.14. The van der Waals surface area contributed by atoms with Gasteiger partial charge < -0.3 is 15.5 Å². The van der Waals surface area contributed by atoms with Crippen molar-refractivity contribution < 1.29 is 0 Å². The molecule has 0 fully saturated rings. The highest BCUT2D eigenvalue weighted by Crippen LogP contribution is 2.41. The van der Waals surface area contributed by atoms with Crippen LogP contribution in [-0.4, -0.2) is 20.1 Å². The van der Waals surface area contributed by atoms with Crippen LogP contribution in [-0.2, 0) is 0 Å². The molecular weight excluding hydrogens is 293 g/mol. The van der Waals surface area contributed by atoms with Gasteiger partial charge in [-0.15, -0.1) is 0 Å². The Morgan fingerprint density at radius 3 is 2.35 bits per heavy atom. The number of rotatable bonds is 1. The van der Waals surface area contributed by atoms with Gasteiger partial charge in [-0.3, -0.25) is 0 Å². The van der Waals surface area contributed by atoms with Crippen LogP contribution in [0.2, 0.25) is 10.0 Å². The SMILES string of the molecule is CN1CCN(c2cc(Cl)c(Cl)cc2N)c2ccccc21. The summed E-state index contributed by atoms with van der Waals surface area (Å²) in [5, 5.41) is 1.00. The van der Waals surface area contributed by atoms with Crippen LogP contribution in [0.15, 0.2) is 36.4 Å². The largest absolute Gasteiger partial charge is 0.397 e. The van der Waals surface area contributed by atoms with Gasteiger partial charge in [0.1, 0.15) is 0 Å². The number of fused-ring (bicyclic) bond motifs is 1. The fourth-order valence-electron chi connectivity index (χ4n) is 2.54. The molecule has 104 valence electrons. The Labute approximate surface area is 128 Å². The van der Waals surface area contributed by atoms with Crippen LogP contribution in [0.3, 0.4) is 0 Å². The van der Waals surface area contributed by atoms with Crippen LogP contribution >= 0.6 is 23.2 Å². The first-order valence-electron chi connectivity index (χ1n) is 6.40. The smallest absolute Gasteiger partial charge is 0.0661 e. The summed E-state index contributed by atoms with van der Waals surface area (Å²) in [6.07, 6.45) is 0. The molecule has 0 saturated heterocycles. The number of halogens is 2. The van der Waals surface area contributed by atoms with Crippen molar-refractivity contribution in [2.75, 3.05) is 35.7 Å². The van der Waals surface area contributed by atoms with E-state index < -0.39 is 0 Å². The first-order chi connectivity index (χ1) is 9.58. The minimum Gasteiger partial charge on any atom is -0.397 e. The van der Waals surface area contributed by atoms with E-state index in [-0.39, 0.29) is 0 Å². The van der Waals surface area contributed by atoms with E-state index in [9.17, 15) is 0 Å². The van der Waals surface area contributed by atoms with E-state index in [2.05, 4.69) is 29.0 Å². The van der Waals surface area contributed by atoms with Crippen molar-refractivity contribution in [3.63, 3.8) is 0 Å². The third-order valence-corrected chi connectivity index (χ3v) is 4.33. The molecular formula is C15H15Cl2N3. The molecule has 0 atom stereocenters. The van der Waals surface area contributed by atoms with Crippen LogP contribution in [0.4, 0.5) is 22.7 Å². The molecule has 20 heavy (non-hydrogen) atoms. The van der Waals surface area contributed by atoms with E-state index in [0.29, 0.717) is 15.7 Å². The van der Waals surface area contributed by atoms with Gasteiger partial charge in [0.05, 0.1) is 32.8 Å². The number of nitrogen functional groups attached to an aromatic ring is 1. The second-order valence-corrected chi connectivity index (χ2v) is 5.70. The number of hydrogen-bond acceptors (Lipinski definition) is 3. The summed E-state index contributed by atoms with van der Waals surface area (Å²) in [6.45, 7) is 1.78. The van der Waals surface area contributed by atoms with E-state index in [0.717, 1.165) is 24.5 Å². The molecule has 2 N–H and O–H groups in total. The lowest BCUT2D eigenvalue weighted by molar-refractivity contribution is 0.823. The van der Waals surface area contributed by atoms with Crippen molar-refractivity contribution in [3.8, 4) is 0 Å². The van der Waals surface area contributed by atoms with Crippen molar-refractivity contribution in [3.05, 3.63) is 46.4 Å². The lowest BCUT2D eigenvalue weighted by Crippen LogP contribution is -2.36. The van der Waals surface area contributed by atoms with E-state index in [4.69, 9.17) is 28.9 Å². The molecule has 0 unspecified atom stereocenters. The molecule has 1 aliphatic heterocycles. The van der Waals surface area contributed by atoms with E-state index in [1.807, 2.05) is 18.2 Å². The maximum absolute atomic E-state index is 6.14. The summed E-state index contributed by atoms with van der Waals surface area (Å²) in [5.74, 6) is 0. The van der Waals surface area contributed by atoms with Crippen molar-refractivity contribution in [2.45, 2.75) is 0 Å². The lowest BCUT2D eigenvalue weighted by Gasteiger charge is -2.37. The highest BCUT2D eigenvalue weighted by Gasteiger charge is 2.23. The van der Waals surface area contributed by atoms with E-state index in [1.165, 1.54) is 5.69 Å². The maximum Gasteiger partial charge on any atom is 0.0661 e. The van der Waals surface area contributed by atoms with Gasteiger partial charge in [-0.25, -0.2) is 0 Å². The molecule has 0 aromatic heterocycles. The van der Waals surface area contributed by atoms with Gasteiger partial charge >= 0.3 is 0 Å². The Balaban J connectivity index is 2.12. The number of anilines is 4. The molecule has 2 aromatic carbocycles. The summed E-state index contributed by atoms with van der Waals surface area (Å²) < 4.78 is 0. The highest BCUT2D eigenvalue weighted by atomic mass is 35.5. The minimum atomic E-state index is 0.482. The number of nitrogens with zero attached hydrogens (tertiary/aromatic N) is 2. The summed E-state index contributed by atoms with van der Waals surface area (Å²) in [4.78, 5) is 4.42. The van der Waals surface area contributed by atoms with Crippen LogP contribution in [0.5, 0.6) is 0 Å². The monoisotopic (exact) mass is 307 g/mol. The van der Waals surface area contributed by atoms with E-state index >= 15 is 0 Å². The summed E-state index contributed by atoms with van der Waals surface area (Å²) >= 11 is 12.1. The fraction of sp³-hybridized carbons (Fsp3) is 0.200. The van der Waals surface area contributed by atoms with Crippen molar-refractivity contribution in [1.29, 1.82) is 0 Å². The number of likely N-dealkylation sites (N-methyl/N-ethyl adjacent to an activating group) is 1. The quantitative estimate of drug-likeness (QED) is 0.803. The molecule has 0 aliphatic carbocycles. The summed E-state index contributed by atoms with van der Waals surface area (Å²) in [6, 6.07) is 11.8. The second kappa shape index (κ2) is 5.08. The van der Waals surface area contributed by atoms with Crippen LogP contribution in [0.25, 0.3) is 0 Å². The predicted molar refractivity (Wildman–Crippen MR) is 87.6 cm³/mol. The molecule has 0 saturated carbocycles. The minimum absolute atomic E-state index is 0.482. The number of para-hydroxylation sites is 2. The molecule has 2 aromatic rings. The summed E-state index contributed by atoms with van der Waals surface area (Å²) in [5.41, 5.74) is 9.97. The molecule has 3 rings (SSSR count). The average Bonchev–Trinajstić information content (AvgIpc) is 2.44. The molecule has 3 nitrogen and oxygen atoms in total. The Bertz CT molecular complexity index is 658. The van der Waals surface area contributed by atoms with Crippen molar-refractivity contribution in [1.82, 2.24) is 0 Å². The molecule has 0 amide bonds. The molecule has 0 bridgehead atoms. The molecule has 5 heteroatoms. The molecule has 0 spiro atoms. The highest BCUT2D eigenvalue weighted by molar-refractivity contribution is 6.42. The Morgan fingerprint density at radius 1 is 0.950 bits per heavy atom. The fourth-order valence-corrected chi connectivity index (χ4v) is 2.87. The molecule has 1 heterocycles. The van der Waals surface area contributed by atoms with Gasteiger partial charge in [0.25, 0.3) is 0 Å². The third kappa shape index (κ3) is 2.17. The lowest BCUT2D eigenvalue weighted by atomic mass is 10.1. The van der Waals surface area contributed by atoms with Crippen LogP contribution in [0, 0.1) is 0 Å². The Hall–Kier alpha value is -1.58. The number of nitrogens with two attached hydrogens (primary N) is 1. The Kier molecular flexibility index (Phi) is 3.40. The topological polar surface area (TPSA) is 32.5 Å². The number of hydrogen-bond donors (Lipinski definition) is 1. The summed E-state index contributed by atoms with van der Waals surface area (Å²) in [7, 11) is 2.09. The van der Waals surface area contributed by atoms with Gasteiger partial charge in [0.2, 0.25) is 0 Å². The van der Waals surface area contributed by atoms with Gasteiger partial charge in [-0.1, -0.05) is 35.3 Å². The predicted octanol–water partition coefficient (Wildman–Crippen LogP) is 4.16. The molecule has 0 radical (unpaired) electrons. The van der Waals surface area contributed by atoms with Crippen molar-refractivity contribution >= 4 is 46.0 Å². The average molecular weight is 308 g/mol. The second-order valence-electron chi connectivity index (χ2n) is 4.89. The van der Waals surface area contributed by atoms with Gasteiger partial charge in [0, 0.05) is 20.1 Å². The zero-order chi connectivity index (χ0) is 14.3. The third-order valence-electron chi connectivity index (χ3n) is 3.60. The van der Waals surface area contributed by atoms with Gasteiger partial charge in [0.15, 0.2) is 0 Å². The normalized spacial score (nSPS) is 14.3.